The van der Waals surface area contributed by atoms with Crippen molar-refractivity contribution in [3.05, 3.63) is 0 Å². The minimum atomic E-state index is -0.152. The fourth-order valence-corrected chi connectivity index (χ4v) is 2.84. The van der Waals surface area contributed by atoms with E-state index in [0.29, 0.717) is 19.0 Å². The first-order valence-electron chi connectivity index (χ1n) is 7.71. The SMILES string of the molecule is CCCCC1CCC(NC(=O)CC(CN)OC)CC1. The largest absolute Gasteiger partial charge is 0.380 e. The van der Waals surface area contributed by atoms with E-state index in [9.17, 15) is 4.79 Å². The smallest absolute Gasteiger partial charge is 0.222 e. The molecule has 1 amide bonds. The standard InChI is InChI=1S/C15H30N2O2/c1-3-4-5-12-6-8-13(9-7-12)17-15(18)10-14(11-16)19-2/h12-14H,3-11,16H2,1-2H3,(H,17,18). The van der Waals surface area contributed by atoms with E-state index in [1.807, 2.05) is 0 Å². The molecular formula is C15H30N2O2. The molecule has 0 aliphatic heterocycles. The zero-order valence-electron chi connectivity index (χ0n) is 12.5. The van der Waals surface area contributed by atoms with E-state index in [1.165, 1.54) is 32.1 Å². The van der Waals surface area contributed by atoms with Crippen LogP contribution in [0.5, 0.6) is 0 Å². The predicted molar refractivity (Wildman–Crippen MR) is 77.9 cm³/mol. The highest BCUT2D eigenvalue weighted by Gasteiger charge is 2.22. The molecule has 1 aliphatic rings. The van der Waals surface area contributed by atoms with Crippen molar-refractivity contribution in [2.75, 3.05) is 13.7 Å². The van der Waals surface area contributed by atoms with E-state index in [0.717, 1.165) is 18.8 Å². The van der Waals surface area contributed by atoms with Crippen LogP contribution in [0.4, 0.5) is 0 Å². The molecule has 0 aromatic rings. The molecule has 0 heterocycles. The lowest BCUT2D eigenvalue weighted by atomic mass is 9.83. The number of carbonyl (C=O) groups is 1. The Kier molecular flexibility index (Phi) is 8.07. The van der Waals surface area contributed by atoms with Crippen LogP contribution in [0.2, 0.25) is 0 Å². The summed E-state index contributed by atoms with van der Waals surface area (Å²) < 4.78 is 5.13. The minimum absolute atomic E-state index is 0.0781. The van der Waals surface area contributed by atoms with Gasteiger partial charge in [0.15, 0.2) is 0 Å². The van der Waals surface area contributed by atoms with Crippen LogP contribution in [-0.2, 0) is 9.53 Å². The quantitative estimate of drug-likeness (QED) is 0.711. The summed E-state index contributed by atoms with van der Waals surface area (Å²) in [7, 11) is 1.60. The molecule has 1 unspecified atom stereocenters. The van der Waals surface area contributed by atoms with E-state index in [1.54, 1.807) is 7.11 Å². The van der Waals surface area contributed by atoms with Gasteiger partial charge in [0.2, 0.25) is 5.91 Å². The Balaban J connectivity index is 2.19. The second kappa shape index (κ2) is 9.32. The Morgan fingerprint density at radius 3 is 2.58 bits per heavy atom. The highest BCUT2D eigenvalue weighted by atomic mass is 16.5. The highest BCUT2D eigenvalue weighted by Crippen LogP contribution is 2.28. The summed E-state index contributed by atoms with van der Waals surface area (Å²) in [5, 5.41) is 3.12. The third kappa shape index (κ3) is 6.39. The third-order valence-electron chi connectivity index (χ3n) is 4.19. The van der Waals surface area contributed by atoms with E-state index in [2.05, 4.69) is 12.2 Å². The molecule has 0 aromatic heterocycles. The Morgan fingerprint density at radius 2 is 2.05 bits per heavy atom. The van der Waals surface area contributed by atoms with Gasteiger partial charge in [0, 0.05) is 19.7 Å². The maximum Gasteiger partial charge on any atom is 0.222 e. The van der Waals surface area contributed by atoms with E-state index in [4.69, 9.17) is 10.5 Å². The Hall–Kier alpha value is -0.610. The van der Waals surface area contributed by atoms with Crippen LogP contribution in [0.25, 0.3) is 0 Å². The van der Waals surface area contributed by atoms with Crippen molar-refractivity contribution in [2.45, 2.75) is 70.4 Å². The predicted octanol–water partition coefficient (Wildman–Crippen LogP) is 2.22. The lowest BCUT2D eigenvalue weighted by Gasteiger charge is -2.29. The van der Waals surface area contributed by atoms with Crippen LogP contribution in [0.1, 0.15) is 58.3 Å². The van der Waals surface area contributed by atoms with Gasteiger partial charge < -0.3 is 15.8 Å². The molecule has 0 bridgehead atoms. The monoisotopic (exact) mass is 270 g/mol. The van der Waals surface area contributed by atoms with Gasteiger partial charge in [0.25, 0.3) is 0 Å². The van der Waals surface area contributed by atoms with Crippen LogP contribution in [0.3, 0.4) is 0 Å². The van der Waals surface area contributed by atoms with Crippen LogP contribution in [0.15, 0.2) is 0 Å². The average molecular weight is 270 g/mol. The number of rotatable bonds is 8. The van der Waals surface area contributed by atoms with E-state index < -0.39 is 0 Å². The minimum Gasteiger partial charge on any atom is -0.380 e. The summed E-state index contributed by atoms with van der Waals surface area (Å²) in [6.45, 7) is 2.64. The van der Waals surface area contributed by atoms with Crippen molar-refractivity contribution in [3.63, 3.8) is 0 Å². The first-order chi connectivity index (χ1) is 9.19. The zero-order chi connectivity index (χ0) is 14.1. The normalized spacial score (nSPS) is 25.0. The highest BCUT2D eigenvalue weighted by molar-refractivity contribution is 5.76. The van der Waals surface area contributed by atoms with Gasteiger partial charge in [-0.05, 0) is 31.6 Å². The fourth-order valence-electron chi connectivity index (χ4n) is 2.84. The molecule has 3 N–H and O–H groups in total. The van der Waals surface area contributed by atoms with Crippen molar-refractivity contribution in [3.8, 4) is 0 Å². The summed E-state index contributed by atoms with van der Waals surface area (Å²) in [5.41, 5.74) is 5.52. The number of amides is 1. The molecule has 1 saturated carbocycles. The van der Waals surface area contributed by atoms with Crippen molar-refractivity contribution >= 4 is 5.91 Å². The summed E-state index contributed by atoms with van der Waals surface area (Å²) in [6.07, 6.45) is 8.98. The first-order valence-corrected chi connectivity index (χ1v) is 7.71. The maximum absolute atomic E-state index is 11.8. The number of ether oxygens (including phenoxy) is 1. The molecule has 0 radical (unpaired) electrons. The molecule has 1 fully saturated rings. The van der Waals surface area contributed by atoms with E-state index >= 15 is 0 Å². The summed E-state index contributed by atoms with van der Waals surface area (Å²) in [4.78, 5) is 11.8. The van der Waals surface area contributed by atoms with Crippen molar-refractivity contribution in [2.24, 2.45) is 11.7 Å². The van der Waals surface area contributed by atoms with Crippen LogP contribution in [0, 0.1) is 5.92 Å². The number of unbranched alkanes of at least 4 members (excludes halogenated alkanes) is 1. The Labute approximate surface area is 117 Å². The number of nitrogens with two attached hydrogens (primary N) is 1. The molecule has 0 spiro atoms. The molecule has 0 saturated heterocycles. The molecule has 1 rings (SSSR count). The van der Waals surface area contributed by atoms with E-state index in [-0.39, 0.29) is 12.0 Å². The lowest BCUT2D eigenvalue weighted by Crippen LogP contribution is -2.40. The Morgan fingerprint density at radius 1 is 1.37 bits per heavy atom. The van der Waals surface area contributed by atoms with Gasteiger partial charge in [0.1, 0.15) is 0 Å². The molecule has 1 atom stereocenters. The zero-order valence-corrected chi connectivity index (χ0v) is 12.5. The summed E-state index contributed by atoms with van der Waals surface area (Å²) in [6, 6.07) is 0.362. The average Bonchev–Trinajstić information content (AvgIpc) is 2.44. The molecule has 112 valence electrons. The maximum atomic E-state index is 11.8. The fraction of sp³-hybridized carbons (Fsp3) is 0.933. The lowest BCUT2D eigenvalue weighted by molar-refractivity contribution is -0.124. The molecule has 0 aromatic carbocycles. The second-order valence-corrected chi connectivity index (χ2v) is 5.72. The van der Waals surface area contributed by atoms with Gasteiger partial charge in [-0.15, -0.1) is 0 Å². The van der Waals surface area contributed by atoms with Crippen molar-refractivity contribution in [1.29, 1.82) is 0 Å². The number of hydrogen-bond donors (Lipinski definition) is 2. The molecule has 19 heavy (non-hydrogen) atoms. The number of hydrogen-bond acceptors (Lipinski definition) is 3. The second-order valence-electron chi connectivity index (χ2n) is 5.72. The third-order valence-corrected chi connectivity index (χ3v) is 4.19. The topological polar surface area (TPSA) is 64.4 Å². The Bertz CT molecular complexity index is 247. The molecular weight excluding hydrogens is 240 g/mol. The molecule has 4 nitrogen and oxygen atoms in total. The number of methoxy groups -OCH3 is 1. The van der Waals surface area contributed by atoms with Crippen LogP contribution >= 0.6 is 0 Å². The van der Waals surface area contributed by atoms with Gasteiger partial charge in [0.05, 0.1) is 12.5 Å². The van der Waals surface area contributed by atoms with Crippen LogP contribution < -0.4 is 11.1 Å². The van der Waals surface area contributed by atoms with Gasteiger partial charge in [-0.1, -0.05) is 26.2 Å². The van der Waals surface area contributed by atoms with Gasteiger partial charge in [-0.2, -0.15) is 0 Å². The first kappa shape index (κ1) is 16.4. The summed E-state index contributed by atoms with van der Waals surface area (Å²) >= 11 is 0. The van der Waals surface area contributed by atoms with Crippen LogP contribution in [-0.4, -0.2) is 31.7 Å². The summed E-state index contributed by atoms with van der Waals surface area (Å²) in [5.74, 6) is 0.957. The molecule has 4 heteroatoms. The van der Waals surface area contributed by atoms with Crippen molar-refractivity contribution in [1.82, 2.24) is 5.32 Å². The van der Waals surface area contributed by atoms with Gasteiger partial charge in [-0.3, -0.25) is 4.79 Å². The number of nitrogens with one attached hydrogen (secondary N) is 1. The molecule has 1 aliphatic carbocycles. The van der Waals surface area contributed by atoms with Crippen molar-refractivity contribution < 1.29 is 9.53 Å². The van der Waals surface area contributed by atoms with Gasteiger partial charge in [-0.25, -0.2) is 0 Å². The van der Waals surface area contributed by atoms with Gasteiger partial charge >= 0.3 is 0 Å². The number of carbonyl (C=O) groups excluding carboxylic acids is 1.